The van der Waals surface area contributed by atoms with Crippen molar-refractivity contribution in [1.82, 2.24) is 0 Å². The highest BCUT2D eigenvalue weighted by Crippen LogP contribution is 2.60. The van der Waals surface area contributed by atoms with Gasteiger partial charge in [0, 0.05) is 0 Å². The Kier molecular flexibility index (Phi) is 3.05. The van der Waals surface area contributed by atoms with Crippen LogP contribution in [0.4, 0.5) is 0 Å². The zero-order valence-corrected chi connectivity index (χ0v) is 12.7. The maximum absolute atomic E-state index is 4.64. The molecular weight excluding hydrogens is 262 g/mol. The van der Waals surface area contributed by atoms with E-state index < -0.39 is 0 Å². The Balaban J connectivity index is 1.62. The first-order valence-electron chi connectivity index (χ1n) is 7.90. The predicted molar refractivity (Wildman–Crippen MR) is 85.0 cm³/mol. The number of nitrogens with zero attached hydrogens (tertiary/aromatic N) is 1. The SMILES string of the molecule is S=C=NCc1ccc(C23CC4CC(CC(C4)C2)C3)cc1. The van der Waals surface area contributed by atoms with E-state index in [1.54, 1.807) is 5.56 Å². The predicted octanol–water partition coefficient (Wildman–Crippen LogP) is 4.76. The van der Waals surface area contributed by atoms with Crippen molar-refractivity contribution in [2.75, 3.05) is 0 Å². The largest absolute Gasteiger partial charge is 0.228 e. The lowest BCUT2D eigenvalue weighted by Crippen LogP contribution is -2.48. The summed E-state index contributed by atoms with van der Waals surface area (Å²) in [5, 5.41) is 2.45. The Morgan fingerprint density at radius 3 is 2.05 bits per heavy atom. The van der Waals surface area contributed by atoms with Crippen molar-refractivity contribution in [3.05, 3.63) is 35.4 Å². The first-order chi connectivity index (χ1) is 9.77. The molecule has 0 unspecified atom stereocenters. The van der Waals surface area contributed by atoms with Gasteiger partial charge in [-0.2, -0.15) is 0 Å². The van der Waals surface area contributed by atoms with E-state index in [4.69, 9.17) is 0 Å². The lowest BCUT2D eigenvalue weighted by Gasteiger charge is -2.57. The van der Waals surface area contributed by atoms with Gasteiger partial charge in [-0.1, -0.05) is 24.3 Å². The monoisotopic (exact) mass is 283 g/mol. The Morgan fingerprint density at radius 1 is 1.00 bits per heavy atom. The average Bonchev–Trinajstić information content (AvgIpc) is 2.44. The van der Waals surface area contributed by atoms with Crippen LogP contribution < -0.4 is 0 Å². The molecule has 2 heteroatoms. The summed E-state index contributed by atoms with van der Waals surface area (Å²) in [6.45, 7) is 0.671. The molecule has 4 fully saturated rings. The van der Waals surface area contributed by atoms with Crippen molar-refractivity contribution in [2.45, 2.75) is 50.5 Å². The molecule has 0 heterocycles. The summed E-state index contributed by atoms with van der Waals surface area (Å²) in [7, 11) is 0. The zero-order chi connectivity index (χ0) is 13.6. The number of benzene rings is 1. The van der Waals surface area contributed by atoms with E-state index in [0.29, 0.717) is 12.0 Å². The summed E-state index contributed by atoms with van der Waals surface area (Å²) in [6.07, 6.45) is 8.87. The minimum Gasteiger partial charge on any atom is -0.228 e. The minimum atomic E-state index is 0.515. The fourth-order valence-electron chi connectivity index (χ4n) is 5.55. The van der Waals surface area contributed by atoms with Gasteiger partial charge < -0.3 is 0 Å². The summed E-state index contributed by atoms with van der Waals surface area (Å²) in [4.78, 5) is 4.03. The van der Waals surface area contributed by atoms with Crippen LogP contribution in [0, 0.1) is 17.8 Å². The van der Waals surface area contributed by atoms with E-state index in [2.05, 4.69) is 46.6 Å². The summed E-state index contributed by atoms with van der Waals surface area (Å²) in [6, 6.07) is 9.21. The van der Waals surface area contributed by atoms with Gasteiger partial charge in [0.15, 0.2) is 0 Å². The number of hydrogen-bond donors (Lipinski definition) is 0. The third-order valence-corrected chi connectivity index (χ3v) is 6.06. The second kappa shape index (κ2) is 4.79. The van der Waals surface area contributed by atoms with E-state index in [1.165, 1.54) is 44.1 Å². The fraction of sp³-hybridized carbons (Fsp3) is 0.611. The zero-order valence-electron chi connectivity index (χ0n) is 11.8. The summed E-state index contributed by atoms with van der Waals surface area (Å²) < 4.78 is 0. The molecule has 0 atom stereocenters. The second-order valence-corrected chi connectivity index (χ2v) is 7.48. The quantitative estimate of drug-likeness (QED) is 0.575. The highest BCUT2D eigenvalue weighted by molar-refractivity contribution is 7.78. The Morgan fingerprint density at radius 2 is 1.55 bits per heavy atom. The van der Waals surface area contributed by atoms with E-state index in [-0.39, 0.29) is 0 Å². The van der Waals surface area contributed by atoms with Gasteiger partial charge in [-0.25, -0.2) is 4.99 Å². The normalized spacial score (nSPS) is 37.7. The number of aliphatic imine (C=N–C) groups is 1. The Labute approximate surface area is 126 Å². The van der Waals surface area contributed by atoms with E-state index >= 15 is 0 Å². The van der Waals surface area contributed by atoms with Crippen molar-refractivity contribution in [2.24, 2.45) is 22.7 Å². The molecule has 0 saturated heterocycles. The molecule has 4 aliphatic rings. The van der Waals surface area contributed by atoms with Gasteiger partial charge in [-0.3, -0.25) is 0 Å². The first kappa shape index (κ1) is 12.7. The molecule has 1 aromatic carbocycles. The van der Waals surface area contributed by atoms with Gasteiger partial charge in [0.1, 0.15) is 0 Å². The van der Waals surface area contributed by atoms with Crippen LogP contribution in [-0.4, -0.2) is 5.16 Å². The molecule has 0 radical (unpaired) electrons. The van der Waals surface area contributed by atoms with Crippen LogP contribution >= 0.6 is 12.2 Å². The van der Waals surface area contributed by atoms with Gasteiger partial charge in [-0.15, -0.1) is 0 Å². The highest BCUT2D eigenvalue weighted by atomic mass is 32.1. The van der Waals surface area contributed by atoms with Crippen LogP contribution in [0.2, 0.25) is 0 Å². The first-order valence-corrected chi connectivity index (χ1v) is 8.31. The minimum absolute atomic E-state index is 0.515. The third kappa shape index (κ3) is 2.06. The van der Waals surface area contributed by atoms with Crippen LogP contribution in [0.5, 0.6) is 0 Å². The van der Waals surface area contributed by atoms with Crippen LogP contribution in [0.15, 0.2) is 29.3 Å². The molecule has 0 spiro atoms. The summed E-state index contributed by atoms with van der Waals surface area (Å²) in [5.74, 6) is 3.04. The Hall–Kier alpha value is -0.980. The van der Waals surface area contributed by atoms with Gasteiger partial charge in [-0.05, 0) is 85.0 Å². The summed E-state index contributed by atoms with van der Waals surface area (Å²) >= 11 is 4.64. The fourth-order valence-corrected chi connectivity index (χ4v) is 5.62. The molecular formula is C18H21NS. The number of rotatable bonds is 3. The highest BCUT2D eigenvalue weighted by Gasteiger charge is 2.51. The van der Waals surface area contributed by atoms with Crippen LogP contribution in [-0.2, 0) is 12.0 Å². The Bertz CT molecular complexity index is 518. The molecule has 4 bridgehead atoms. The standard InChI is InChI=1S/C18H21NS/c20-12-19-11-13-1-3-17(4-2-13)18-8-14-5-15(9-18)7-16(6-14)10-18/h1-4,14-16H,5-11H2. The molecule has 0 aromatic heterocycles. The average molecular weight is 283 g/mol. The van der Waals surface area contributed by atoms with Crippen LogP contribution in [0.3, 0.4) is 0 Å². The van der Waals surface area contributed by atoms with E-state index in [9.17, 15) is 0 Å². The van der Waals surface area contributed by atoms with Crippen molar-refractivity contribution in [3.8, 4) is 0 Å². The van der Waals surface area contributed by atoms with Crippen molar-refractivity contribution >= 4 is 17.4 Å². The molecule has 0 N–H and O–H groups in total. The number of hydrogen-bond acceptors (Lipinski definition) is 2. The van der Waals surface area contributed by atoms with Crippen molar-refractivity contribution in [3.63, 3.8) is 0 Å². The molecule has 1 nitrogen and oxygen atoms in total. The summed E-state index contributed by atoms with van der Waals surface area (Å²) in [5.41, 5.74) is 3.35. The van der Waals surface area contributed by atoms with E-state index in [0.717, 1.165) is 17.8 Å². The molecule has 4 aliphatic carbocycles. The maximum Gasteiger partial charge on any atom is 0.0743 e. The van der Waals surface area contributed by atoms with E-state index in [1.807, 2.05) is 0 Å². The second-order valence-electron chi connectivity index (χ2n) is 7.30. The smallest absolute Gasteiger partial charge is 0.0743 e. The van der Waals surface area contributed by atoms with Gasteiger partial charge >= 0.3 is 0 Å². The topological polar surface area (TPSA) is 12.4 Å². The van der Waals surface area contributed by atoms with Crippen LogP contribution in [0.1, 0.15) is 49.7 Å². The van der Waals surface area contributed by atoms with Crippen molar-refractivity contribution < 1.29 is 0 Å². The lowest BCUT2D eigenvalue weighted by molar-refractivity contribution is -0.00519. The molecule has 20 heavy (non-hydrogen) atoms. The maximum atomic E-state index is 4.64. The van der Waals surface area contributed by atoms with Crippen LogP contribution in [0.25, 0.3) is 0 Å². The molecule has 0 aliphatic heterocycles. The van der Waals surface area contributed by atoms with Gasteiger partial charge in [0.25, 0.3) is 0 Å². The van der Waals surface area contributed by atoms with Gasteiger partial charge in [0.2, 0.25) is 0 Å². The molecule has 5 rings (SSSR count). The molecule has 104 valence electrons. The number of isothiocyanates is 1. The van der Waals surface area contributed by atoms with Gasteiger partial charge in [0.05, 0.1) is 11.7 Å². The molecule has 0 amide bonds. The van der Waals surface area contributed by atoms with Crippen molar-refractivity contribution in [1.29, 1.82) is 0 Å². The number of thiocarbonyl (C=S) groups is 1. The third-order valence-electron chi connectivity index (χ3n) is 5.93. The lowest BCUT2D eigenvalue weighted by atomic mass is 9.48. The molecule has 4 saturated carbocycles. The molecule has 1 aromatic rings.